The van der Waals surface area contributed by atoms with Crippen molar-refractivity contribution in [2.45, 2.75) is 97.7 Å². The molecule has 4 heterocycles. The second-order valence-electron chi connectivity index (χ2n) is 12.7. The van der Waals surface area contributed by atoms with Crippen molar-refractivity contribution in [2.75, 3.05) is 5.32 Å². The molecule has 0 unspecified atom stereocenters. The zero-order valence-electron chi connectivity index (χ0n) is 27.0. The fourth-order valence-corrected chi connectivity index (χ4v) is 5.85. The Hall–Kier alpha value is -4.78. The molecule has 4 N–H and O–H groups in total. The molecule has 1 aromatic carbocycles. The summed E-state index contributed by atoms with van der Waals surface area (Å²) in [6.45, 7) is 11.9. The molecular weight excluding hydrogens is 594 g/mol. The van der Waals surface area contributed by atoms with E-state index in [1.54, 1.807) is 56.5 Å². The van der Waals surface area contributed by atoms with Crippen molar-refractivity contribution < 1.29 is 33.8 Å². The molecule has 3 aromatic rings. The number of nitrogens with one attached hydrogen (secondary N) is 3. The van der Waals surface area contributed by atoms with Gasteiger partial charge in [-0.3, -0.25) is 14.4 Å². The predicted molar refractivity (Wildman–Crippen MR) is 169 cm³/mol. The number of anilines is 1. The first kappa shape index (κ1) is 32.6. The van der Waals surface area contributed by atoms with Gasteiger partial charge in [0.25, 0.3) is 5.56 Å². The number of rotatable bonds is 7. The van der Waals surface area contributed by atoms with Crippen LogP contribution in [0.3, 0.4) is 0 Å². The molecule has 13 heteroatoms. The van der Waals surface area contributed by atoms with Crippen LogP contribution in [0.5, 0.6) is 0 Å². The zero-order valence-corrected chi connectivity index (χ0v) is 27.0. The van der Waals surface area contributed by atoms with Crippen molar-refractivity contribution in [3.8, 4) is 11.4 Å². The van der Waals surface area contributed by atoms with E-state index in [4.69, 9.17) is 14.5 Å². The minimum Gasteiger partial charge on any atom is -0.458 e. The number of ether oxygens (including phenoxy) is 2. The number of carbonyl (C=O) groups is 4. The van der Waals surface area contributed by atoms with Crippen LogP contribution in [-0.4, -0.2) is 56.2 Å². The van der Waals surface area contributed by atoms with Gasteiger partial charge in [-0.1, -0.05) is 13.8 Å². The molecule has 0 fully saturated rings. The quantitative estimate of drug-likeness (QED) is 0.223. The Kier molecular flexibility index (Phi) is 8.41. The first-order valence-corrected chi connectivity index (χ1v) is 15.3. The number of nitrogens with zero attached hydrogens (tertiary/aromatic N) is 2. The first-order valence-electron chi connectivity index (χ1n) is 15.3. The lowest BCUT2D eigenvalue weighted by Gasteiger charge is -2.31. The van der Waals surface area contributed by atoms with Crippen LogP contribution in [-0.2, 0) is 49.0 Å². The van der Waals surface area contributed by atoms with Crippen LogP contribution in [0.2, 0.25) is 0 Å². The molecule has 13 nitrogen and oxygen atoms in total. The summed E-state index contributed by atoms with van der Waals surface area (Å²) in [5.41, 5.74) is 1.58. The largest absolute Gasteiger partial charge is 0.458 e. The number of esters is 1. The summed E-state index contributed by atoms with van der Waals surface area (Å²) in [5.74, 6) is -1.79. The Morgan fingerprint density at radius 2 is 1.76 bits per heavy atom. The van der Waals surface area contributed by atoms with Crippen molar-refractivity contribution >= 4 is 40.5 Å². The molecule has 3 amide bonds. The highest BCUT2D eigenvalue weighted by Gasteiger charge is 2.45. The average Bonchev–Trinajstić information content (AvgIpc) is 3.35. The molecule has 0 saturated heterocycles. The van der Waals surface area contributed by atoms with E-state index in [1.165, 1.54) is 13.8 Å². The summed E-state index contributed by atoms with van der Waals surface area (Å²) in [5, 5.41) is 19.8. The Morgan fingerprint density at radius 1 is 1.07 bits per heavy atom. The topological polar surface area (TPSA) is 178 Å². The maximum atomic E-state index is 13.6. The van der Waals surface area contributed by atoms with Gasteiger partial charge >= 0.3 is 12.1 Å². The summed E-state index contributed by atoms with van der Waals surface area (Å²) in [6, 6.07) is 5.09. The molecule has 3 atom stereocenters. The number of pyridine rings is 2. The van der Waals surface area contributed by atoms with Crippen LogP contribution in [0.1, 0.15) is 77.1 Å². The lowest BCUT2D eigenvalue weighted by Crippen LogP contribution is -2.51. The van der Waals surface area contributed by atoms with Crippen LogP contribution in [0.15, 0.2) is 29.1 Å². The summed E-state index contributed by atoms with van der Waals surface area (Å²) < 4.78 is 11.9. The minimum absolute atomic E-state index is 0.0543. The average molecular weight is 634 g/mol. The van der Waals surface area contributed by atoms with Crippen LogP contribution < -0.4 is 21.5 Å². The van der Waals surface area contributed by atoms with E-state index in [0.29, 0.717) is 29.0 Å². The van der Waals surface area contributed by atoms with Gasteiger partial charge in [-0.15, -0.1) is 0 Å². The van der Waals surface area contributed by atoms with E-state index in [9.17, 15) is 29.1 Å². The number of hydrogen-bond donors (Lipinski definition) is 4. The van der Waals surface area contributed by atoms with E-state index in [2.05, 4.69) is 16.0 Å². The SMILES string of the molecule is CCc1c2c(nc3ccc(NC(=O)[C@H](C)NC(=O)[C@H](C)NC(=O)OC(C)(C)C)cc13)-c1cc3c(c(=O)n1C2)COC(=O)[C@]3(O)CC. The number of benzene rings is 1. The Labute approximate surface area is 265 Å². The van der Waals surface area contributed by atoms with Gasteiger partial charge in [0.1, 0.15) is 24.3 Å². The normalized spacial score (nSPS) is 18.0. The summed E-state index contributed by atoms with van der Waals surface area (Å²) >= 11 is 0. The van der Waals surface area contributed by atoms with Crippen molar-refractivity contribution in [1.82, 2.24) is 20.2 Å². The zero-order chi connectivity index (χ0) is 33.7. The van der Waals surface area contributed by atoms with Crippen LogP contribution in [0.4, 0.5) is 10.5 Å². The van der Waals surface area contributed by atoms with Crippen molar-refractivity contribution in [2.24, 2.45) is 0 Å². The number of aliphatic hydroxyl groups is 1. The number of cyclic esters (lactones) is 1. The van der Waals surface area contributed by atoms with Crippen molar-refractivity contribution in [3.05, 3.63) is 56.9 Å². The van der Waals surface area contributed by atoms with E-state index >= 15 is 0 Å². The van der Waals surface area contributed by atoms with Gasteiger partial charge in [0.15, 0.2) is 5.60 Å². The minimum atomic E-state index is -1.91. The van der Waals surface area contributed by atoms with Crippen LogP contribution in [0.25, 0.3) is 22.3 Å². The third-order valence-electron chi connectivity index (χ3n) is 8.31. The highest BCUT2D eigenvalue weighted by Crippen LogP contribution is 2.40. The number of fused-ring (bicyclic) bond motifs is 5. The third kappa shape index (κ3) is 5.82. The van der Waals surface area contributed by atoms with Gasteiger partial charge < -0.3 is 35.1 Å². The van der Waals surface area contributed by atoms with E-state index in [1.807, 2.05) is 6.92 Å². The van der Waals surface area contributed by atoms with Crippen LogP contribution in [0, 0.1) is 0 Å². The maximum absolute atomic E-state index is 13.6. The first-order chi connectivity index (χ1) is 21.6. The van der Waals surface area contributed by atoms with Crippen molar-refractivity contribution in [3.63, 3.8) is 0 Å². The molecule has 2 aliphatic heterocycles. The van der Waals surface area contributed by atoms with E-state index in [0.717, 1.165) is 16.5 Å². The maximum Gasteiger partial charge on any atom is 0.408 e. The molecule has 2 aromatic heterocycles. The molecule has 0 aliphatic carbocycles. The van der Waals surface area contributed by atoms with Gasteiger partial charge in [-0.2, -0.15) is 0 Å². The van der Waals surface area contributed by atoms with Gasteiger partial charge in [0.05, 0.1) is 29.0 Å². The number of carbonyl (C=O) groups excluding carboxylic acids is 4. The molecule has 0 radical (unpaired) electrons. The monoisotopic (exact) mass is 633 g/mol. The Morgan fingerprint density at radius 3 is 2.41 bits per heavy atom. The number of aromatic nitrogens is 2. The molecule has 5 rings (SSSR count). The Balaban J connectivity index is 1.38. The number of alkyl carbamates (subject to hydrolysis) is 1. The molecule has 2 aliphatic rings. The molecule has 0 saturated carbocycles. The van der Waals surface area contributed by atoms with Gasteiger partial charge in [-0.05, 0) is 77.3 Å². The molecule has 46 heavy (non-hydrogen) atoms. The highest BCUT2D eigenvalue weighted by molar-refractivity contribution is 6.00. The summed E-state index contributed by atoms with van der Waals surface area (Å²) in [6.07, 6.45) is -0.0792. The fourth-order valence-electron chi connectivity index (χ4n) is 5.85. The van der Waals surface area contributed by atoms with E-state index < -0.39 is 47.2 Å². The molecule has 0 bridgehead atoms. The second kappa shape index (κ2) is 11.9. The number of hydrogen-bond acceptors (Lipinski definition) is 9. The molecular formula is C33H39N5O8. The lowest BCUT2D eigenvalue weighted by molar-refractivity contribution is -0.172. The number of aryl methyl sites for hydroxylation is 1. The summed E-state index contributed by atoms with van der Waals surface area (Å²) in [4.78, 5) is 68.6. The smallest absolute Gasteiger partial charge is 0.408 e. The van der Waals surface area contributed by atoms with Gasteiger partial charge in [-0.25, -0.2) is 14.6 Å². The summed E-state index contributed by atoms with van der Waals surface area (Å²) in [7, 11) is 0. The highest BCUT2D eigenvalue weighted by atomic mass is 16.6. The van der Waals surface area contributed by atoms with Gasteiger partial charge in [0.2, 0.25) is 11.8 Å². The second-order valence-corrected chi connectivity index (χ2v) is 12.7. The fraction of sp³-hybridized carbons (Fsp3) is 0.455. The Bertz CT molecular complexity index is 1840. The third-order valence-corrected chi connectivity index (χ3v) is 8.31. The molecule has 244 valence electrons. The van der Waals surface area contributed by atoms with Crippen LogP contribution >= 0.6 is 0 Å². The lowest BCUT2D eigenvalue weighted by atomic mass is 9.86. The predicted octanol–water partition coefficient (Wildman–Crippen LogP) is 3.00. The van der Waals surface area contributed by atoms with E-state index in [-0.39, 0.29) is 36.3 Å². The molecule has 0 spiro atoms. The van der Waals surface area contributed by atoms with Crippen molar-refractivity contribution in [1.29, 1.82) is 0 Å². The van der Waals surface area contributed by atoms with Gasteiger partial charge in [0, 0.05) is 22.2 Å². The standard InChI is InChI=1S/C33H39N5O8/c1-8-19-20-12-18(36-28(40)16(3)34-27(39)17(4)35-31(43)46-32(5,6)7)10-11-24(20)37-26-21(19)14-38-25(26)13-23-22(29(38)41)15-45-30(42)33(23,44)9-2/h10-13,16-17,44H,8-9,14-15H2,1-7H3,(H,34,39)(H,35,43)(H,36,40)/t16-,17-,33-/m0/s1. The number of amides is 3.